The first kappa shape index (κ1) is 24.5. The van der Waals surface area contributed by atoms with Crippen LogP contribution in [0.4, 0.5) is 18.9 Å². The maximum Gasteiger partial charge on any atom is 0.416 e. The quantitative estimate of drug-likeness (QED) is 0.391. The highest BCUT2D eigenvalue weighted by atomic mass is 19.4. The van der Waals surface area contributed by atoms with Crippen molar-refractivity contribution >= 4 is 11.7 Å². The molecule has 1 N–H and O–H groups in total. The fourth-order valence-corrected chi connectivity index (χ4v) is 4.42. The first-order valence-electron chi connectivity index (χ1n) is 11.7. The van der Waals surface area contributed by atoms with Crippen molar-refractivity contribution in [1.82, 2.24) is 20.3 Å². The molecule has 37 heavy (non-hydrogen) atoms. The van der Waals surface area contributed by atoms with Gasteiger partial charge in [-0.25, -0.2) is 9.48 Å². The maximum atomic E-state index is 13.0. The average molecular weight is 508 g/mol. The van der Waals surface area contributed by atoms with E-state index in [1.807, 2.05) is 42.5 Å². The summed E-state index contributed by atoms with van der Waals surface area (Å²) in [5.74, 6) is -0.476. The minimum atomic E-state index is -4.42. The van der Waals surface area contributed by atoms with Gasteiger partial charge in [0.1, 0.15) is 5.69 Å². The maximum absolute atomic E-state index is 13.0. The number of halogens is 3. The summed E-state index contributed by atoms with van der Waals surface area (Å²) in [6.45, 7) is 2.83. The third-order valence-electron chi connectivity index (χ3n) is 6.28. The van der Waals surface area contributed by atoms with Crippen LogP contribution >= 0.6 is 0 Å². The number of piperazine rings is 1. The second-order valence-corrected chi connectivity index (χ2v) is 8.61. The number of nitrogens with one attached hydrogen (secondary N) is 1. The monoisotopic (exact) mass is 507 g/mol. The van der Waals surface area contributed by atoms with E-state index >= 15 is 0 Å². The van der Waals surface area contributed by atoms with E-state index < -0.39 is 17.7 Å². The van der Waals surface area contributed by atoms with Gasteiger partial charge >= 0.3 is 12.1 Å². The van der Waals surface area contributed by atoms with Crippen LogP contribution in [0.25, 0.3) is 28.1 Å². The van der Waals surface area contributed by atoms with E-state index in [9.17, 15) is 18.0 Å². The molecule has 0 atom stereocenters. The van der Waals surface area contributed by atoms with Gasteiger partial charge in [-0.3, -0.25) is 0 Å². The molecule has 4 aromatic rings. The van der Waals surface area contributed by atoms with Gasteiger partial charge in [-0.05, 0) is 35.4 Å². The first-order chi connectivity index (χ1) is 17.8. The molecule has 0 unspecified atom stereocenters. The smallest absolute Gasteiger partial charge is 0.416 e. The molecule has 0 radical (unpaired) electrons. The van der Waals surface area contributed by atoms with E-state index in [2.05, 4.69) is 20.5 Å². The third-order valence-corrected chi connectivity index (χ3v) is 6.28. The van der Waals surface area contributed by atoms with Crippen LogP contribution in [0.3, 0.4) is 0 Å². The van der Waals surface area contributed by atoms with Crippen molar-refractivity contribution in [3.63, 3.8) is 0 Å². The zero-order valence-electron chi connectivity index (χ0n) is 20.0. The number of esters is 1. The van der Waals surface area contributed by atoms with Crippen molar-refractivity contribution in [2.24, 2.45) is 0 Å². The van der Waals surface area contributed by atoms with Crippen LogP contribution in [0.2, 0.25) is 0 Å². The Hall–Kier alpha value is -4.18. The summed E-state index contributed by atoms with van der Waals surface area (Å²) < 4.78 is 45.7. The van der Waals surface area contributed by atoms with Crippen molar-refractivity contribution in [3.05, 3.63) is 84.1 Å². The van der Waals surface area contributed by atoms with Crippen molar-refractivity contribution in [3.8, 4) is 28.1 Å². The molecule has 1 fully saturated rings. The van der Waals surface area contributed by atoms with Crippen LogP contribution < -0.4 is 10.2 Å². The lowest BCUT2D eigenvalue weighted by molar-refractivity contribution is -0.137. The normalized spacial score (nSPS) is 14.0. The Bertz CT molecular complexity index is 1400. The number of anilines is 1. The van der Waals surface area contributed by atoms with Gasteiger partial charge < -0.3 is 15.0 Å². The highest BCUT2D eigenvalue weighted by Crippen LogP contribution is 2.36. The van der Waals surface area contributed by atoms with Crippen LogP contribution in [0.5, 0.6) is 0 Å². The Labute approximate surface area is 211 Å². The number of alkyl halides is 3. The molecule has 3 aromatic carbocycles. The van der Waals surface area contributed by atoms with E-state index in [-0.39, 0.29) is 0 Å². The molecule has 5 rings (SSSR count). The predicted octanol–water partition coefficient (Wildman–Crippen LogP) is 4.82. The van der Waals surface area contributed by atoms with Gasteiger partial charge in [0.25, 0.3) is 0 Å². The van der Waals surface area contributed by atoms with Gasteiger partial charge in [0.2, 0.25) is 0 Å². The molecule has 1 aliphatic heterocycles. The molecule has 0 amide bonds. The molecule has 1 aliphatic rings. The minimum Gasteiger partial charge on any atom is -0.465 e. The molecule has 0 aliphatic carbocycles. The summed E-state index contributed by atoms with van der Waals surface area (Å²) in [7, 11) is 1.34. The van der Waals surface area contributed by atoms with Gasteiger partial charge in [-0.1, -0.05) is 47.7 Å². The highest BCUT2D eigenvalue weighted by Gasteiger charge is 2.30. The Morgan fingerprint density at radius 2 is 1.65 bits per heavy atom. The van der Waals surface area contributed by atoms with Crippen LogP contribution in [-0.2, 0) is 10.9 Å². The SMILES string of the molecule is COC(=O)c1cc(-c2ccccc2)cc(-n2cc(-c3ccc(C(F)(F)F)cc3)nn2)c1N1CCNCC1. The lowest BCUT2D eigenvalue weighted by Crippen LogP contribution is -2.44. The lowest BCUT2D eigenvalue weighted by Gasteiger charge is -2.32. The summed E-state index contributed by atoms with van der Waals surface area (Å²) in [6, 6.07) is 18.2. The summed E-state index contributed by atoms with van der Waals surface area (Å²) in [5.41, 5.74) is 3.55. The molecule has 0 spiro atoms. The molecule has 1 aromatic heterocycles. The Kier molecular flexibility index (Phi) is 6.66. The zero-order chi connectivity index (χ0) is 26.0. The number of hydrogen-bond acceptors (Lipinski definition) is 6. The minimum absolute atomic E-state index is 0.396. The predicted molar refractivity (Wildman–Crippen MR) is 134 cm³/mol. The van der Waals surface area contributed by atoms with Gasteiger partial charge in [0.05, 0.1) is 35.8 Å². The van der Waals surface area contributed by atoms with Crippen LogP contribution in [0.1, 0.15) is 15.9 Å². The summed E-state index contributed by atoms with van der Waals surface area (Å²) in [6.07, 6.45) is -2.77. The van der Waals surface area contributed by atoms with E-state index in [1.165, 1.54) is 19.2 Å². The van der Waals surface area contributed by atoms with Crippen molar-refractivity contribution in [2.75, 3.05) is 38.2 Å². The summed E-state index contributed by atoms with van der Waals surface area (Å²) in [4.78, 5) is 15.1. The fraction of sp³-hybridized carbons (Fsp3) is 0.222. The molecular weight excluding hydrogens is 483 g/mol. The average Bonchev–Trinajstić information content (AvgIpc) is 3.43. The number of ether oxygens (including phenoxy) is 1. The summed E-state index contributed by atoms with van der Waals surface area (Å²) in [5, 5.41) is 11.8. The largest absolute Gasteiger partial charge is 0.465 e. The molecular formula is C27H24F3N5O2. The van der Waals surface area contributed by atoms with E-state index in [1.54, 1.807) is 10.9 Å². The van der Waals surface area contributed by atoms with E-state index in [4.69, 9.17) is 4.74 Å². The summed E-state index contributed by atoms with van der Waals surface area (Å²) >= 11 is 0. The number of rotatable bonds is 5. The molecule has 1 saturated heterocycles. The molecule has 0 saturated carbocycles. The molecule has 0 bridgehead atoms. The number of carbonyl (C=O) groups is 1. The van der Waals surface area contributed by atoms with Crippen LogP contribution in [0, 0.1) is 0 Å². The molecule has 2 heterocycles. The number of nitrogens with zero attached hydrogens (tertiary/aromatic N) is 4. The van der Waals surface area contributed by atoms with Crippen molar-refractivity contribution in [2.45, 2.75) is 6.18 Å². The van der Waals surface area contributed by atoms with Crippen LogP contribution in [-0.4, -0.2) is 54.3 Å². The third kappa shape index (κ3) is 5.05. The first-order valence-corrected chi connectivity index (χ1v) is 11.7. The number of aromatic nitrogens is 3. The van der Waals surface area contributed by atoms with E-state index in [0.29, 0.717) is 41.3 Å². The molecule has 7 nitrogen and oxygen atoms in total. The topological polar surface area (TPSA) is 72.3 Å². The molecule has 10 heteroatoms. The lowest BCUT2D eigenvalue weighted by atomic mass is 9.99. The standard InChI is InChI=1S/C27H24F3N5O2/c1-37-26(36)22-15-20(18-5-3-2-4-6-18)16-24(25(22)34-13-11-31-12-14-34)35-17-23(32-33-35)19-7-9-21(10-8-19)27(28,29)30/h2-10,15-17,31H,11-14H2,1H3. The van der Waals surface area contributed by atoms with Crippen LogP contribution in [0.15, 0.2) is 72.9 Å². The van der Waals surface area contributed by atoms with Gasteiger partial charge in [-0.15, -0.1) is 5.10 Å². The molecule has 190 valence electrons. The van der Waals surface area contributed by atoms with E-state index in [0.717, 1.165) is 36.3 Å². The number of carbonyl (C=O) groups excluding carboxylic acids is 1. The van der Waals surface area contributed by atoms with Gasteiger partial charge in [0.15, 0.2) is 0 Å². The Morgan fingerprint density at radius 1 is 0.946 bits per heavy atom. The van der Waals surface area contributed by atoms with Gasteiger partial charge in [0, 0.05) is 31.7 Å². The number of hydrogen-bond donors (Lipinski definition) is 1. The highest BCUT2D eigenvalue weighted by molar-refractivity contribution is 6.00. The fourth-order valence-electron chi connectivity index (χ4n) is 4.42. The Balaban J connectivity index is 1.65. The Morgan fingerprint density at radius 3 is 2.30 bits per heavy atom. The second-order valence-electron chi connectivity index (χ2n) is 8.61. The number of methoxy groups -OCH3 is 1. The van der Waals surface area contributed by atoms with Gasteiger partial charge in [-0.2, -0.15) is 13.2 Å². The second kappa shape index (κ2) is 10.1. The number of benzene rings is 3. The van der Waals surface area contributed by atoms with Crippen molar-refractivity contribution in [1.29, 1.82) is 0 Å². The van der Waals surface area contributed by atoms with Crippen molar-refractivity contribution < 1.29 is 22.7 Å². The zero-order valence-corrected chi connectivity index (χ0v) is 20.0.